The van der Waals surface area contributed by atoms with Crippen LogP contribution in [0.4, 0.5) is 18.9 Å². The molecule has 0 aliphatic carbocycles. The monoisotopic (exact) mass is 384 g/mol. The maximum Gasteiger partial charge on any atom is 0.414 e. The molecule has 0 fully saturated rings. The van der Waals surface area contributed by atoms with Crippen molar-refractivity contribution < 1.29 is 27.7 Å². The van der Waals surface area contributed by atoms with Gasteiger partial charge in [0.05, 0.1) is 15.4 Å². The summed E-state index contributed by atoms with van der Waals surface area (Å²) in [5, 5.41) is 14.1. The SMILES string of the molecule is O=C(N/C=C(/CC(=O)c1cccs1)C(F)(F)F)c1ccc([N+](=O)[O-])cc1. The van der Waals surface area contributed by atoms with Gasteiger partial charge in [-0.1, -0.05) is 6.07 Å². The first kappa shape index (κ1) is 19.3. The fourth-order valence-corrected chi connectivity index (χ4v) is 2.57. The number of ketones is 1. The Morgan fingerprint density at radius 3 is 2.35 bits per heavy atom. The number of nitrogens with zero attached hydrogens (tertiary/aromatic N) is 1. The van der Waals surface area contributed by atoms with Crippen LogP contribution in [-0.2, 0) is 0 Å². The van der Waals surface area contributed by atoms with Gasteiger partial charge in [-0.25, -0.2) is 0 Å². The molecule has 0 aliphatic rings. The molecule has 0 spiro atoms. The van der Waals surface area contributed by atoms with Gasteiger partial charge >= 0.3 is 6.18 Å². The highest BCUT2D eigenvalue weighted by Gasteiger charge is 2.35. The number of halogens is 3. The Morgan fingerprint density at radius 1 is 1.19 bits per heavy atom. The van der Waals surface area contributed by atoms with Gasteiger partial charge in [-0.3, -0.25) is 19.7 Å². The minimum absolute atomic E-state index is 0.0574. The number of non-ortho nitro benzene ring substituents is 1. The summed E-state index contributed by atoms with van der Waals surface area (Å²) >= 11 is 1.02. The van der Waals surface area contributed by atoms with Crippen LogP contribution in [0.2, 0.25) is 0 Å². The van der Waals surface area contributed by atoms with Gasteiger partial charge in [0.15, 0.2) is 5.78 Å². The van der Waals surface area contributed by atoms with Gasteiger partial charge in [0.2, 0.25) is 0 Å². The molecule has 0 saturated heterocycles. The largest absolute Gasteiger partial charge is 0.414 e. The summed E-state index contributed by atoms with van der Waals surface area (Å²) in [5.74, 6) is -1.60. The van der Waals surface area contributed by atoms with Crippen molar-refractivity contribution >= 4 is 28.7 Å². The number of hydrogen-bond donors (Lipinski definition) is 1. The Labute approximate surface area is 149 Å². The second-order valence-electron chi connectivity index (χ2n) is 5.02. The third-order valence-corrected chi connectivity index (χ3v) is 4.14. The van der Waals surface area contributed by atoms with E-state index in [-0.39, 0.29) is 16.1 Å². The van der Waals surface area contributed by atoms with E-state index < -0.39 is 34.8 Å². The van der Waals surface area contributed by atoms with Crippen LogP contribution in [0.5, 0.6) is 0 Å². The molecule has 1 N–H and O–H groups in total. The predicted octanol–water partition coefficient (Wildman–Crippen LogP) is 4.11. The minimum atomic E-state index is -4.80. The number of hydrogen-bond acceptors (Lipinski definition) is 5. The number of nitro benzene ring substituents is 1. The van der Waals surface area contributed by atoms with Crippen LogP contribution in [-0.4, -0.2) is 22.8 Å². The molecule has 0 radical (unpaired) electrons. The molecule has 0 unspecified atom stereocenters. The topological polar surface area (TPSA) is 89.3 Å². The second-order valence-corrected chi connectivity index (χ2v) is 5.97. The van der Waals surface area contributed by atoms with Crippen LogP contribution in [0.15, 0.2) is 53.6 Å². The normalized spacial score (nSPS) is 11.9. The lowest BCUT2D eigenvalue weighted by atomic mass is 10.1. The Kier molecular flexibility index (Phi) is 5.88. The number of benzene rings is 1. The number of alkyl halides is 3. The van der Waals surface area contributed by atoms with E-state index in [4.69, 9.17) is 0 Å². The van der Waals surface area contributed by atoms with E-state index in [1.807, 2.05) is 5.32 Å². The molecule has 0 atom stereocenters. The number of carbonyl (C=O) groups is 2. The zero-order valence-electron chi connectivity index (χ0n) is 12.9. The number of rotatable bonds is 6. The molecule has 1 aromatic carbocycles. The highest BCUT2D eigenvalue weighted by molar-refractivity contribution is 7.12. The maximum atomic E-state index is 13.1. The summed E-state index contributed by atoms with van der Waals surface area (Å²) in [6.07, 6.45) is -5.27. The standard InChI is InChI=1S/C16H11F3N2O4S/c17-16(18,19)11(8-13(22)14-2-1-7-26-14)9-20-15(23)10-3-5-12(6-4-10)21(24)25/h1-7,9H,8H2,(H,20,23)/b11-9-. The van der Waals surface area contributed by atoms with Crippen molar-refractivity contribution in [3.63, 3.8) is 0 Å². The molecule has 0 saturated carbocycles. The predicted molar refractivity (Wildman–Crippen MR) is 88.0 cm³/mol. The molecule has 0 aliphatic heterocycles. The molecule has 1 amide bonds. The number of amides is 1. The van der Waals surface area contributed by atoms with E-state index in [1.165, 1.54) is 6.07 Å². The highest BCUT2D eigenvalue weighted by Crippen LogP contribution is 2.29. The number of Topliss-reactive ketones (excluding diaryl/α,β-unsaturated/α-hetero) is 1. The first-order valence-corrected chi connectivity index (χ1v) is 7.94. The summed E-state index contributed by atoms with van der Waals surface area (Å²) < 4.78 is 39.2. The minimum Gasteiger partial charge on any atom is -0.328 e. The van der Waals surface area contributed by atoms with Crippen molar-refractivity contribution in [1.29, 1.82) is 0 Å². The number of nitro groups is 1. The molecule has 6 nitrogen and oxygen atoms in total. The van der Waals surface area contributed by atoms with Crippen LogP contribution >= 0.6 is 11.3 Å². The lowest BCUT2D eigenvalue weighted by molar-refractivity contribution is -0.384. The van der Waals surface area contributed by atoms with Crippen LogP contribution in [0.1, 0.15) is 26.5 Å². The molecule has 10 heteroatoms. The summed E-state index contributed by atoms with van der Waals surface area (Å²) in [6.45, 7) is 0. The van der Waals surface area contributed by atoms with E-state index in [2.05, 4.69) is 0 Å². The third kappa shape index (κ3) is 4.99. The van der Waals surface area contributed by atoms with Crippen LogP contribution in [0, 0.1) is 10.1 Å². The lowest BCUT2D eigenvalue weighted by Gasteiger charge is -2.11. The van der Waals surface area contributed by atoms with Gasteiger partial charge in [-0.05, 0) is 23.6 Å². The van der Waals surface area contributed by atoms with Gasteiger partial charge in [0, 0.05) is 30.3 Å². The van der Waals surface area contributed by atoms with Crippen molar-refractivity contribution in [2.45, 2.75) is 12.6 Å². The summed E-state index contributed by atoms with van der Waals surface area (Å²) in [5.41, 5.74) is -1.52. The molecule has 26 heavy (non-hydrogen) atoms. The van der Waals surface area contributed by atoms with Crippen LogP contribution in [0.25, 0.3) is 0 Å². The van der Waals surface area contributed by atoms with Crippen molar-refractivity contribution in [2.24, 2.45) is 0 Å². The van der Waals surface area contributed by atoms with Gasteiger partial charge < -0.3 is 5.32 Å². The molecule has 136 valence electrons. The van der Waals surface area contributed by atoms with Crippen molar-refractivity contribution in [1.82, 2.24) is 5.32 Å². The molecule has 2 rings (SSSR count). The van der Waals surface area contributed by atoms with Crippen LogP contribution < -0.4 is 5.32 Å². The number of nitrogens with one attached hydrogen (secondary N) is 1. The average Bonchev–Trinajstić information content (AvgIpc) is 3.11. The Hall–Kier alpha value is -3.01. The van der Waals surface area contributed by atoms with E-state index in [1.54, 1.807) is 11.4 Å². The third-order valence-electron chi connectivity index (χ3n) is 3.23. The summed E-state index contributed by atoms with van der Waals surface area (Å²) in [7, 11) is 0. The van der Waals surface area contributed by atoms with Gasteiger partial charge in [0.1, 0.15) is 0 Å². The Bertz CT molecular complexity index is 843. The number of carbonyl (C=O) groups excluding carboxylic acids is 2. The van der Waals surface area contributed by atoms with E-state index in [9.17, 15) is 32.9 Å². The van der Waals surface area contributed by atoms with Gasteiger partial charge in [-0.2, -0.15) is 13.2 Å². The van der Waals surface area contributed by atoms with E-state index in [0.717, 1.165) is 35.6 Å². The highest BCUT2D eigenvalue weighted by atomic mass is 32.1. The number of allylic oxidation sites excluding steroid dienone is 1. The molecule has 1 heterocycles. The molecular weight excluding hydrogens is 373 g/mol. The van der Waals surface area contributed by atoms with Crippen LogP contribution in [0.3, 0.4) is 0 Å². The maximum absolute atomic E-state index is 13.1. The Balaban J connectivity index is 2.13. The van der Waals surface area contributed by atoms with Crippen molar-refractivity contribution in [2.75, 3.05) is 0 Å². The summed E-state index contributed by atoms with van der Waals surface area (Å²) in [6, 6.07) is 7.31. The molecule has 1 aromatic heterocycles. The van der Waals surface area contributed by atoms with Crippen molar-refractivity contribution in [3.8, 4) is 0 Å². The molecule has 0 bridgehead atoms. The van der Waals surface area contributed by atoms with E-state index >= 15 is 0 Å². The first-order valence-electron chi connectivity index (χ1n) is 7.06. The van der Waals surface area contributed by atoms with Crippen molar-refractivity contribution in [3.05, 3.63) is 74.1 Å². The van der Waals surface area contributed by atoms with E-state index in [0.29, 0.717) is 6.20 Å². The van der Waals surface area contributed by atoms with Gasteiger partial charge in [0.25, 0.3) is 11.6 Å². The molecule has 2 aromatic rings. The first-order chi connectivity index (χ1) is 12.2. The zero-order valence-corrected chi connectivity index (χ0v) is 13.8. The zero-order chi connectivity index (χ0) is 19.3. The number of thiophene rings is 1. The smallest absolute Gasteiger partial charge is 0.328 e. The Morgan fingerprint density at radius 2 is 1.85 bits per heavy atom. The van der Waals surface area contributed by atoms with Gasteiger partial charge in [-0.15, -0.1) is 11.3 Å². The summed E-state index contributed by atoms with van der Waals surface area (Å²) in [4.78, 5) is 33.8. The second kappa shape index (κ2) is 7.91. The fraction of sp³-hybridized carbons (Fsp3) is 0.125. The molecular formula is C16H11F3N2O4S. The fourth-order valence-electron chi connectivity index (χ4n) is 1.90. The average molecular weight is 384 g/mol. The lowest BCUT2D eigenvalue weighted by Crippen LogP contribution is -2.23. The quantitative estimate of drug-likeness (QED) is 0.461.